The number of carbonyl (C=O) groups is 1. The van der Waals surface area contributed by atoms with Gasteiger partial charge in [-0.25, -0.2) is 0 Å². The molecule has 28 heavy (non-hydrogen) atoms. The first kappa shape index (κ1) is 20.0. The zero-order valence-corrected chi connectivity index (χ0v) is 15.3. The number of benzene rings is 2. The second-order valence-electron chi connectivity index (χ2n) is 5.85. The third kappa shape index (κ3) is 4.45. The molecule has 2 aromatic rings. The van der Waals surface area contributed by atoms with Crippen LogP contribution in [0, 0.1) is 32.8 Å². The van der Waals surface area contributed by atoms with E-state index in [1.165, 1.54) is 6.92 Å². The number of nitro benzene ring substituents is 1. The summed E-state index contributed by atoms with van der Waals surface area (Å²) in [6.07, 6.45) is 0. The van der Waals surface area contributed by atoms with Crippen LogP contribution >= 0.6 is 0 Å². The van der Waals surface area contributed by atoms with Crippen LogP contribution in [0.25, 0.3) is 0 Å². The van der Waals surface area contributed by atoms with Gasteiger partial charge in [-0.15, -0.1) is 10.2 Å². The van der Waals surface area contributed by atoms with Crippen molar-refractivity contribution in [3.63, 3.8) is 0 Å². The van der Waals surface area contributed by atoms with Gasteiger partial charge < -0.3 is 10.2 Å². The van der Waals surface area contributed by atoms with E-state index < -0.39 is 4.92 Å². The zero-order chi connectivity index (χ0) is 20.8. The van der Waals surface area contributed by atoms with Crippen LogP contribution in [0.4, 0.5) is 28.4 Å². The number of nitrogens with one attached hydrogen (secondary N) is 1. The van der Waals surface area contributed by atoms with Gasteiger partial charge in [0.15, 0.2) is 0 Å². The summed E-state index contributed by atoms with van der Waals surface area (Å²) in [5.74, 6) is -0.307. The highest BCUT2D eigenvalue weighted by Gasteiger charge is 2.17. The number of nitrogens with zero attached hydrogens (tertiary/aromatic N) is 6. The SMILES string of the molecule is CC(=O)Nc1cc(N(C)C)ccc1/N=N/c1c(C#N)cc([N+](=O)[O-])cc1C#N. The minimum absolute atomic E-state index is 0.0824. The molecular formula is C18H15N7O3. The molecule has 0 saturated heterocycles. The van der Waals surface area contributed by atoms with Gasteiger partial charge in [0.1, 0.15) is 23.5 Å². The number of hydrogen-bond donors (Lipinski definition) is 1. The molecule has 0 aliphatic carbocycles. The van der Waals surface area contributed by atoms with Gasteiger partial charge >= 0.3 is 0 Å². The fourth-order valence-corrected chi connectivity index (χ4v) is 2.29. The molecule has 0 unspecified atom stereocenters. The van der Waals surface area contributed by atoms with Gasteiger partial charge in [0.25, 0.3) is 5.69 Å². The summed E-state index contributed by atoms with van der Waals surface area (Å²) >= 11 is 0. The number of nitriles is 2. The molecule has 2 aromatic carbocycles. The molecule has 0 radical (unpaired) electrons. The molecule has 0 aliphatic rings. The molecule has 2 rings (SSSR count). The van der Waals surface area contributed by atoms with Crippen molar-refractivity contribution >= 4 is 34.3 Å². The Bertz CT molecular complexity index is 1030. The van der Waals surface area contributed by atoms with E-state index in [0.717, 1.165) is 17.8 Å². The van der Waals surface area contributed by atoms with Crippen molar-refractivity contribution in [2.45, 2.75) is 6.92 Å². The van der Waals surface area contributed by atoms with E-state index >= 15 is 0 Å². The van der Waals surface area contributed by atoms with Crippen molar-refractivity contribution in [3.05, 3.63) is 51.6 Å². The lowest BCUT2D eigenvalue weighted by molar-refractivity contribution is -0.384. The van der Waals surface area contributed by atoms with E-state index in [9.17, 15) is 25.4 Å². The third-order valence-electron chi connectivity index (χ3n) is 3.61. The van der Waals surface area contributed by atoms with Gasteiger partial charge in [0, 0.05) is 38.8 Å². The lowest BCUT2D eigenvalue weighted by Crippen LogP contribution is -2.10. The molecule has 0 aliphatic heterocycles. The highest BCUT2D eigenvalue weighted by atomic mass is 16.6. The molecule has 0 spiro atoms. The Morgan fingerprint density at radius 1 is 1.14 bits per heavy atom. The fraction of sp³-hybridized carbons (Fsp3) is 0.167. The zero-order valence-electron chi connectivity index (χ0n) is 15.3. The summed E-state index contributed by atoms with van der Waals surface area (Å²) in [6, 6.07) is 10.7. The minimum Gasteiger partial charge on any atom is -0.378 e. The number of carbonyl (C=O) groups excluding carboxylic acids is 1. The van der Waals surface area contributed by atoms with E-state index in [-0.39, 0.29) is 28.4 Å². The van der Waals surface area contributed by atoms with E-state index in [2.05, 4.69) is 15.5 Å². The Hall–Kier alpha value is -4.31. The summed E-state index contributed by atoms with van der Waals surface area (Å²) in [4.78, 5) is 23.6. The molecule has 0 aromatic heterocycles. The molecular weight excluding hydrogens is 362 g/mol. The molecule has 0 bridgehead atoms. The second kappa shape index (κ2) is 8.38. The fourth-order valence-electron chi connectivity index (χ4n) is 2.29. The molecule has 0 fully saturated rings. The summed E-state index contributed by atoms with van der Waals surface area (Å²) in [7, 11) is 3.67. The summed E-state index contributed by atoms with van der Waals surface area (Å²) in [5.41, 5.74) is 0.727. The molecule has 140 valence electrons. The molecule has 1 N–H and O–H groups in total. The standard InChI is InChI=1S/C18H15N7O3/c1-11(26)21-17-8-14(24(2)3)4-5-16(17)22-23-18-12(9-19)6-15(25(27)28)7-13(18)10-20/h4-8H,1-3H3,(H,21,26)/b23-22+. The predicted molar refractivity (Wildman–Crippen MR) is 102 cm³/mol. The van der Waals surface area contributed by atoms with Crippen LogP contribution in [-0.2, 0) is 4.79 Å². The molecule has 0 heterocycles. The van der Waals surface area contributed by atoms with Crippen molar-refractivity contribution in [1.29, 1.82) is 10.5 Å². The Morgan fingerprint density at radius 2 is 1.75 bits per heavy atom. The van der Waals surface area contributed by atoms with Gasteiger partial charge in [-0.2, -0.15) is 10.5 Å². The normalized spacial score (nSPS) is 10.2. The smallest absolute Gasteiger partial charge is 0.272 e. The van der Waals surface area contributed by atoms with Crippen LogP contribution in [0.5, 0.6) is 0 Å². The monoisotopic (exact) mass is 377 g/mol. The first-order valence-corrected chi connectivity index (χ1v) is 7.90. The first-order chi connectivity index (χ1) is 13.3. The lowest BCUT2D eigenvalue weighted by atomic mass is 10.1. The Labute approximate surface area is 160 Å². The van der Waals surface area contributed by atoms with E-state index in [4.69, 9.17) is 0 Å². The van der Waals surface area contributed by atoms with Crippen LogP contribution in [0.3, 0.4) is 0 Å². The van der Waals surface area contributed by atoms with Crippen molar-refractivity contribution < 1.29 is 9.72 Å². The number of azo groups is 1. The maximum absolute atomic E-state index is 11.5. The van der Waals surface area contributed by atoms with E-state index in [0.29, 0.717) is 11.4 Å². The van der Waals surface area contributed by atoms with Crippen molar-refractivity contribution in [3.8, 4) is 12.1 Å². The molecule has 1 amide bonds. The van der Waals surface area contributed by atoms with Crippen LogP contribution in [0.15, 0.2) is 40.6 Å². The van der Waals surface area contributed by atoms with Gasteiger partial charge in [-0.05, 0) is 18.2 Å². The van der Waals surface area contributed by atoms with Gasteiger partial charge in [0.2, 0.25) is 5.91 Å². The lowest BCUT2D eigenvalue weighted by Gasteiger charge is -2.15. The first-order valence-electron chi connectivity index (χ1n) is 7.90. The van der Waals surface area contributed by atoms with Crippen LogP contribution in [0.2, 0.25) is 0 Å². The second-order valence-corrected chi connectivity index (χ2v) is 5.85. The van der Waals surface area contributed by atoms with Gasteiger partial charge in [-0.1, -0.05) is 0 Å². The molecule has 10 heteroatoms. The number of hydrogen-bond acceptors (Lipinski definition) is 8. The maximum Gasteiger partial charge on any atom is 0.272 e. The Balaban J connectivity index is 2.57. The average molecular weight is 377 g/mol. The Morgan fingerprint density at radius 3 is 2.21 bits per heavy atom. The van der Waals surface area contributed by atoms with Crippen LogP contribution in [0.1, 0.15) is 18.1 Å². The Kier molecular flexibility index (Phi) is 5.99. The number of amides is 1. The van der Waals surface area contributed by atoms with E-state index in [1.54, 1.807) is 30.3 Å². The molecule has 10 nitrogen and oxygen atoms in total. The average Bonchev–Trinajstić information content (AvgIpc) is 2.65. The summed E-state index contributed by atoms with van der Waals surface area (Å²) in [6.45, 7) is 1.35. The minimum atomic E-state index is -0.697. The number of rotatable bonds is 5. The molecule has 0 atom stereocenters. The largest absolute Gasteiger partial charge is 0.378 e. The molecule has 0 saturated carbocycles. The quantitative estimate of drug-likeness (QED) is 0.476. The number of anilines is 2. The van der Waals surface area contributed by atoms with Gasteiger partial charge in [-0.3, -0.25) is 14.9 Å². The third-order valence-corrected chi connectivity index (χ3v) is 3.61. The highest BCUT2D eigenvalue weighted by molar-refractivity contribution is 5.93. The number of non-ortho nitro benzene ring substituents is 1. The summed E-state index contributed by atoms with van der Waals surface area (Å²) in [5, 5.41) is 40.1. The topological polar surface area (TPSA) is 148 Å². The van der Waals surface area contributed by atoms with Crippen molar-refractivity contribution in [2.75, 3.05) is 24.3 Å². The highest BCUT2D eigenvalue weighted by Crippen LogP contribution is 2.34. The van der Waals surface area contributed by atoms with Crippen molar-refractivity contribution in [2.24, 2.45) is 10.2 Å². The summed E-state index contributed by atoms with van der Waals surface area (Å²) < 4.78 is 0. The maximum atomic E-state index is 11.5. The van der Waals surface area contributed by atoms with Crippen LogP contribution in [-0.4, -0.2) is 24.9 Å². The van der Waals surface area contributed by atoms with Crippen molar-refractivity contribution in [1.82, 2.24) is 0 Å². The van der Waals surface area contributed by atoms with Gasteiger partial charge in [0.05, 0.1) is 21.7 Å². The predicted octanol–water partition coefficient (Wildman–Crippen LogP) is 3.78. The van der Waals surface area contributed by atoms with Crippen LogP contribution < -0.4 is 10.2 Å². The number of nitro groups is 1. The van der Waals surface area contributed by atoms with E-state index in [1.807, 2.05) is 19.0 Å².